The number of carbonyl (C=O) groups is 2. The first-order chi connectivity index (χ1) is 18.4. The van der Waals surface area contributed by atoms with E-state index in [-0.39, 0.29) is 23.8 Å². The van der Waals surface area contributed by atoms with Crippen LogP contribution in [0.2, 0.25) is 0 Å². The van der Waals surface area contributed by atoms with Gasteiger partial charge in [0.1, 0.15) is 23.6 Å². The lowest BCUT2D eigenvalue weighted by Gasteiger charge is -2.44. The standard InChI is InChI=1S/C30H35N5O3/c1-20-8-10-21(11-9-20)24-18-31-27(32-24)25-19-38-30(14-16-34(2)17-15-30)35(25)29(37)26(22-6-4-3-5-7-22)33-28(36)23-12-13-23/h3-11,18,23,25-26H,12-17,19H2,1-2H3,(H,31,32)(H,33,36)/t25-,26+/m0/s1. The Kier molecular flexibility index (Phi) is 6.53. The Morgan fingerprint density at radius 2 is 1.79 bits per heavy atom. The Hall–Kier alpha value is -3.49. The normalized spacial score (nSPS) is 21.9. The van der Waals surface area contributed by atoms with Gasteiger partial charge in [0.25, 0.3) is 5.91 Å². The number of likely N-dealkylation sites (tertiary alicyclic amines) is 1. The van der Waals surface area contributed by atoms with Crippen LogP contribution in [0.15, 0.2) is 60.8 Å². The molecule has 0 bridgehead atoms. The van der Waals surface area contributed by atoms with Gasteiger partial charge in [-0.15, -0.1) is 0 Å². The molecular weight excluding hydrogens is 478 g/mol. The van der Waals surface area contributed by atoms with Gasteiger partial charge in [-0.2, -0.15) is 0 Å². The van der Waals surface area contributed by atoms with E-state index in [1.54, 1.807) is 0 Å². The van der Waals surface area contributed by atoms with Crippen molar-refractivity contribution in [3.63, 3.8) is 0 Å². The average Bonchev–Trinajstić information content (AvgIpc) is 3.57. The number of aromatic amines is 1. The number of hydrogen-bond donors (Lipinski definition) is 2. The molecule has 8 heteroatoms. The van der Waals surface area contributed by atoms with Crippen molar-refractivity contribution >= 4 is 11.8 Å². The molecule has 3 fully saturated rings. The van der Waals surface area contributed by atoms with Crippen LogP contribution in [0.5, 0.6) is 0 Å². The Morgan fingerprint density at radius 3 is 2.47 bits per heavy atom. The van der Waals surface area contributed by atoms with Gasteiger partial charge < -0.3 is 19.9 Å². The van der Waals surface area contributed by atoms with Crippen molar-refractivity contribution in [1.29, 1.82) is 0 Å². The fraction of sp³-hybridized carbons (Fsp3) is 0.433. The number of nitrogens with one attached hydrogen (secondary N) is 2. The van der Waals surface area contributed by atoms with Crippen LogP contribution in [-0.4, -0.2) is 64.1 Å². The molecule has 0 unspecified atom stereocenters. The second kappa shape index (κ2) is 10.0. The lowest BCUT2D eigenvalue weighted by molar-refractivity contribution is -0.163. The van der Waals surface area contributed by atoms with E-state index in [0.717, 1.165) is 42.8 Å². The van der Waals surface area contributed by atoms with Crippen molar-refractivity contribution in [2.45, 2.75) is 50.4 Å². The third kappa shape index (κ3) is 4.74. The molecule has 2 aliphatic heterocycles. The van der Waals surface area contributed by atoms with Gasteiger partial charge in [0.15, 0.2) is 0 Å². The van der Waals surface area contributed by atoms with E-state index in [1.807, 2.05) is 41.4 Å². The summed E-state index contributed by atoms with van der Waals surface area (Å²) in [5.41, 5.74) is 3.18. The molecule has 2 N–H and O–H groups in total. The maximum Gasteiger partial charge on any atom is 0.252 e. The van der Waals surface area contributed by atoms with Crippen LogP contribution in [0.25, 0.3) is 11.3 Å². The number of benzene rings is 2. The van der Waals surface area contributed by atoms with Crippen molar-refractivity contribution in [3.8, 4) is 11.3 Å². The summed E-state index contributed by atoms with van der Waals surface area (Å²) < 4.78 is 6.52. The van der Waals surface area contributed by atoms with Gasteiger partial charge >= 0.3 is 0 Å². The second-order valence-corrected chi connectivity index (χ2v) is 11.0. The molecule has 3 heterocycles. The number of rotatable bonds is 6. The summed E-state index contributed by atoms with van der Waals surface area (Å²) in [6.45, 7) is 4.07. The molecule has 3 aliphatic rings. The number of aryl methyl sites for hydroxylation is 1. The Morgan fingerprint density at radius 1 is 1.08 bits per heavy atom. The van der Waals surface area contributed by atoms with Crippen LogP contribution in [0, 0.1) is 12.8 Å². The van der Waals surface area contributed by atoms with Gasteiger partial charge in [-0.1, -0.05) is 60.2 Å². The average molecular weight is 514 g/mol. The minimum atomic E-state index is -0.781. The molecule has 198 valence electrons. The predicted molar refractivity (Wildman–Crippen MR) is 144 cm³/mol. The largest absolute Gasteiger partial charge is 0.353 e. The molecule has 2 aromatic carbocycles. The summed E-state index contributed by atoms with van der Waals surface area (Å²) in [6.07, 6.45) is 4.99. The zero-order chi connectivity index (χ0) is 26.3. The second-order valence-electron chi connectivity index (χ2n) is 11.0. The Balaban J connectivity index is 1.36. The lowest BCUT2D eigenvalue weighted by Crippen LogP contribution is -2.57. The molecule has 2 amide bonds. The molecule has 1 spiro atoms. The first-order valence-corrected chi connectivity index (χ1v) is 13.6. The molecule has 1 saturated carbocycles. The number of nitrogens with zero attached hydrogens (tertiary/aromatic N) is 3. The van der Waals surface area contributed by atoms with Gasteiger partial charge in [0.05, 0.1) is 18.5 Å². The van der Waals surface area contributed by atoms with Gasteiger partial charge in [-0.3, -0.25) is 14.5 Å². The van der Waals surface area contributed by atoms with Crippen LogP contribution in [0.4, 0.5) is 0 Å². The minimum Gasteiger partial charge on any atom is -0.353 e. The number of ether oxygens (including phenoxy) is 1. The van der Waals surface area contributed by atoms with E-state index < -0.39 is 11.8 Å². The molecule has 3 aromatic rings. The topological polar surface area (TPSA) is 90.6 Å². The maximum absolute atomic E-state index is 14.6. The fourth-order valence-corrected chi connectivity index (χ4v) is 5.63. The number of aromatic nitrogens is 2. The molecule has 2 saturated heterocycles. The van der Waals surface area contributed by atoms with Crippen molar-refractivity contribution in [2.75, 3.05) is 26.7 Å². The van der Waals surface area contributed by atoms with Crippen LogP contribution < -0.4 is 5.32 Å². The van der Waals surface area contributed by atoms with E-state index in [2.05, 4.69) is 53.4 Å². The molecule has 6 rings (SSSR count). The zero-order valence-electron chi connectivity index (χ0n) is 22.0. The van der Waals surface area contributed by atoms with Gasteiger partial charge in [-0.05, 0) is 37.9 Å². The summed E-state index contributed by atoms with van der Waals surface area (Å²) in [6, 6.07) is 16.7. The number of H-pyrrole nitrogens is 1. The minimum absolute atomic E-state index is 0.000862. The van der Waals surface area contributed by atoms with Gasteiger partial charge in [-0.25, -0.2) is 4.98 Å². The summed E-state index contributed by atoms with van der Waals surface area (Å²) in [5.74, 6) is 0.496. The summed E-state index contributed by atoms with van der Waals surface area (Å²) >= 11 is 0. The number of piperidine rings is 1. The molecule has 38 heavy (non-hydrogen) atoms. The highest BCUT2D eigenvalue weighted by molar-refractivity contribution is 5.91. The van der Waals surface area contributed by atoms with Crippen molar-refractivity contribution in [1.82, 2.24) is 25.1 Å². The first kappa shape index (κ1) is 24.8. The van der Waals surface area contributed by atoms with E-state index in [9.17, 15) is 9.59 Å². The molecule has 8 nitrogen and oxygen atoms in total. The smallest absolute Gasteiger partial charge is 0.252 e. The molecule has 2 atom stereocenters. The molecule has 1 aromatic heterocycles. The SMILES string of the molecule is Cc1ccc(-c2cnc([C@@H]3COC4(CCN(C)CC4)N3C(=O)[C@H](NC(=O)C3CC3)c3ccccc3)[nH]2)cc1. The number of carbonyl (C=O) groups excluding carboxylic acids is 2. The summed E-state index contributed by atoms with van der Waals surface area (Å²) in [4.78, 5) is 39.8. The Labute approximate surface area is 223 Å². The maximum atomic E-state index is 14.6. The van der Waals surface area contributed by atoms with Crippen LogP contribution in [0.1, 0.15) is 54.7 Å². The Bertz CT molecular complexity index is 1290. The molecular formula is C30H35N5O3. The summed E-state index contributed by atoms with van der Waals surface area (Å²) in [7, 11) is 2.09. The van der Waals surface area contributed by atoms with E-state index in [1.165, 1.54) is 5.56 Å². The first-order valence-electron chi connectivity index (χ1n) is 13.6. The van der Waals surface area contributed by atoms with Crippen molar-refractivity contribution in [2.24, 2.45) is 5.92 Å². The van der Waals surface area contributed by atoms with Crippen molar-refractivity contribution in [3.05, 3.63) is 77.7 Å². The quantitative estimate of drug-likeness (QED) is 0.521. The predicted octanol–water partition coefficient (Wildman–Crippen LogP) is 3.97. The van der Waals surface area contributed by atoms with Crippen LogP contribution in [-0.2, 0) is 14.3 Å². The highest BCUT2D eigenvalue weighted by Gasteiger charge is 2.54. The zero-order valence-corrected chi connectivity index (χ0v) is 22.0. The molecule has 1 aliphatic carbocycles. The highest BCUT2D eigenvalue weighted by Crippen LogP contribution is 2.44. The van der Waals surface area contributed by atoms with Crippen molar-refractivity contribution < 1.29 is 14.3 Å². The van der Waals surface area contributed by atoms with E-state index >= 15 is 0 Å². The van der Waals surface area contributed by atoms with Gasteiger partial charge in [0, 0.05) is 31.8 Å². The fourth-order valence-electron chi connectivity index (χ4n) is 5.63. The highest BCUT2D eigenvalue weighted by atomic mass is 16.5. The van der Waals surface area contributed by atoms with Gasteiger partial charge in [0.2, 0.25) is 5.91 Å². The van der Waals surface area contributed by atoms with Crippen LogP contribution in [0.3, 0.4) is 0 Å². The van der Waals surface area contributed by atoms with Crippen LogP contribution >= 0.6 is 0 Å². The number of amides is 2. The third-order valence-corrected chi connectivity index (χ3v) is 8.15. The van der Waals surface area contributed by atoms with E-state index in [4.69, 9.17) is 9.72 Å². The lowest BCUT2D eigenvalue weighted by atomic mass is 9.95. The number of hydrogen-bond acceptors (Lipinski definition) is 5. The van der Waals surface area contributed by atoms with E-state index in [0.29, 0.717) is 25.3 Å². The monoisotopic (exact) mass is 513 g/mol. The molecule has 0 radical (unpaired) electrons. The number of imidazole rings is 1. The summed E-state index contributed by atoms with van der Waals surface area (Å²) in [5, 5.41) is 3.08. The third-order valence-electron chi connectivity index (χ3n) is 8.15.